The highest BCUT2D eigenvalue weighted by molar-refractivity contribution is 7.87. The van der Waals surface area contributed by atoms with Gasteiger partial charge in [-0.05, 0) is 61.4 Å². The van der Waals surface area contributed by atoms with E-state index < -0.39 is 10.1 Å². The van der Waals surface area contributed by atoms with Crippen LogP contribution in [0.5, 0.6) is 5.75 Å². The van der Waals surface area contributed by atoms with E-state index in [9.17, 15) is 13.2 Å². The number of nitrogens with one attached hydrogen (secondary N) is 4. The van der Waals surface area contributed by atoms with Crippen molar-refractivity contribution in [3.05, 3.63) is 72.8 Å². The van der Waals surface area contributed by atoms with Gasteiger partial charge in [0.1, 0.15) is 10.6 Å². The molecule has 4 N–H and O–H groups in total. The van der Waals surface area contributed by atoms with Gasteiger partial charge >= 0.3 is 10.1 Å². The Morgan fingerprint density at radius 2 is 1.63 bits per heavy atom. The predicted octanol–water partition coefficient (Wildman–Crippen LogP) is 4.20. The number of aromatic nitrogens is 2. The number of H-pyrrole nitrogens is 1. The van der Waals surface area contributed by atoms with Crippen LogP contribution in [0.15, 0.2) is 77.7 Å². The van der Waals surface area contributed by atoms with E-state index in [2.05, 4.69) is 25.9 Å². The molecule has 180 valence electrons. The van der Waals surface area contributed by atoms with Gasteiger partial charge in [-0.2, -0.15) is 8.42 Å². The van der Waals surface area contributed by atoms with Gasteiger partial charge in [0.25, 0.3) is 0 Å². The lowest BCUT2D eigenvalue weighted by atomic mass is 10.3. The molecular weight excluding hydrogens is 466 g/mol. The molecule has 0 atom stereocenters. The van der Waals surface area contributed by atoms with Crippen LogP contribution in [0, 0.1) is 5.92 Å². The smallest absolute Gasteiger partial charge is 0.339 e. The third-order valence-electron chi connectivity index (χ3n) is 5.55. The monoisotopic (exact) mass is 491 g/mol. The summed E-state index contributed by atoms with van der Waals surface area (Å²) in [4.78, 5) is 19.3. The van der Waals surface area contributed by atoms with Gasteiger partial charge < -0.3 is 19.8 Å². The summed E-state index contributed by atoms with van der Waals surface area (Å²) in [5.74, 6) is 0.475. The van der Waals surface area contributed by atoms with Crippen molar-refractivity contribution >= 4 is 44.4 Å². The molecule has 35 heavy (non-hydrogen) atoms. The molecule has 1 aliphatic rings. The van der Waals surface area contributed by atoms with Gasteiger partial charge in [0, 0.05) is 36.4 Å². The fraction of sp³-hybridized carbons (Fsp3) is 0.200. The number of imidazole rings is 1. The zero-order chi connectivity index (χ0) is 24.3. The molecule has 0 unspecified atom stereocenters. The van der Waals surface area contributed by atoms with Crippen LogP contribution in [0.1, 0.15) is 12.8 Å². The third-order valence-corrected chi connectivity index (χ3v) is 6.81. The summed E-state index contributed by atoms with van der Waals surface area (Å²) >= 11 is 0. The molecule has 1 amide bonds. The summed E-state index contributed by atoms with van der Waals surface area (Å²) in [7, 11) is -4.02. The predicted molar refractivity (Wildman–Crippen MR) is 135 cm³/mol. The van der Waals surface area contributed by atoms with E-state index in [0.29, 0.717) is 23.5 Å². The molecule has 3 aromatic carbocycles. The zero-order valence-corrected chi connectivity index (χ0v) is 19.6. The SMILES string of the molecule is O=C(Nc1nc2ccc(OS(=O)(=O)c3ccc(NCCNc4ccccc4)cc3)cc2[nH]1)C1CC1. The molecular formula is C25H25N5O4S. The lowest BCUT2D eigenvalue weighted by molar-refractivity contribution is -0.117. The topological polar surface area (TPSA) is 125 Å². The summed E-state index contributed by atoms with van der Waals surface area (Å²) < 4.78 is 30.9. The highest BCUT2D eigenvalue weighted by Gasteiger charge is 2.30. The normalized spacial score (nSPS) is 13.4. The molecule has 0 spiro atoms. The summed E-state index contributed by atoms with van der Waals surface area (Å²) in [6.07, 6.45) is 1.79. The summed E-state index contributed by atoms with van der Waals surface area (Å²) in [5, 5.41) is 9.30. The van der Waals surface area contributed by atoms with Crippen molar-refractivity contribution in [1.29, 1.82) is 0 Å². The molecule has 0 bridgehead atoms. The molecule has 0 radical (unpaired) electrons. The Hall–Kier alpha value is -4.05. The largest absolute Gasteiger partial charge is 0.383 e. The van der Waals surface area contributed by atoms with Gasteiger partial charge in [-0.1, -0.05) is 18.2 Å². The maximum absolute atomic E-state index is 12.8. The van der Waals surface area contributed by atoms with Crippen molar-refractivity contribution in [2.45, 2.75) is 17.7 Å². The van der Waals surface area contributed by atoms with Crippen LogP contribution < -0.4 is 20.1 Å². The van der Waals surface area contributed by atoms with E-state index >= 15 is 0 Å². The molecule has 5 rings (SSSR count). The quantitative estimate of drug-likeness (QED) is 0.193. The number of aromatic amines is 1. The zero-order valence-electron chi connectivity index (χ0n) is 18.8. The summed E-state index contributed by atoms with van der Waals surface area (Å²) in [6.45, 7) is 1.39. The average Bonchev–Trinajstić information content (AvgIpc) is 3.63. The molecule has 0 aliphatic heterocycles. The Labute approximate surface area is 203 Å². The lowest BCUT2D eigenvalue weighted by Gasteiger charge is -2.10. The number of hydrogen-bond acceptors (Lipinski definition) is 7. The Balaban J connectivity index is 1.18. The minimum atomic E-state index is -4.02. The molecule has 1 aromatic heterocycles. The number of rotatable bonds is 10. The van der Waals surface area contributed by atoms with Crippen molar-refractivity contribution in [3.8, 4) is 5.75 Å². The number of para-hydroxylation sites is 1. The number of hydrogen-bond donors (Lipinski definition) is 4. The standard InChI is InChI=1S/C25H25N5O4S/c31-24(17-6-7-17)30-25-28-22-13-10-20(16-23(22)29-25)34-35(32,33)21-11-8-19(9-12-21)27-15-14-26-18-4-2-1-3-5-18/h1-5,8-13,16-17,26-27H,6-7,14-15H2,(H2,28,29,30,31). The first-order chi connectivity index (χ1) is 17.0. The highest BCUT2D eigenvalue weighted by Crippen LogP contribution is 2.30. The Bertz CT molecular complexity index is 1430. The van der Waals surface area contributed by atoms with Crippen LogP contribution in [0.2, 0.25) is 0 Å². The molecule has 4 aromatic rings. The molecule has 1 heterocycles. The van der Waals surface area contributed by atoms with E-state index in [0.717, 1.165) is 30.8 Å². The Kier molecular flexibility index (Phi) is 6.28. The van der Waals surface area contributed by atoms with Crippen molar-refractivity contribution < 1.29 is 17.4 Å². The van der Waals surface area contributed by atoms with Crippen LogP contribution in [-0.2, 0) is 14.9 Å². The summed E-state index contributed by atoms with van der Waals surface area (Å²) in [6, 6.07) is 21.0. The van der Waals surface area contributed by atoms with Gasteiger partial charge in [0.05, 0.1) is 11.0 Å². The van der Waals surface area contributed by atoms with Crippen molar-refractivity contribution in [3.63, 3.8) is 0 Å². The number of fused-ring (bicyclic) bond motifs is 1. The first-order valence-corrected chi connectivity index (χ1v) is 12.8. The van der Waals surface area contributed by atoms with Crippen molar-refractivity contribution in [1.82, 2.24) is 9.97 Å². The third kappa shape index (κ3) is 5.72. The van der Waals surface area contributed by atoms with Crippen LogP contribution in [0.3, 0.4) is 0 Å². The molecule has 0 saturated heterocycles. The fourth-order valence-corrected chi connectivity index (χ4v) is 4.47. The Morgan fingerprint density at radius 3 is 2.31 bits per heavy atom. The van der Waals surface area contributed by atoms with Gasteiger partial charge in [0.15, 0.2) is 0 Å². The van der Waals surface area contributed by atoms with E-state index in [1.807, 2.05) is 30.3 Å². The van der Waals surface area contributed by atoms with Crippen LogP contribution in [0.4, 0.5) is 17.3 Å². The highest BCUT2D eigenvalue weighted by atomic mass is 32.2. The first-order valence-electron chi connectivity index (χ1n) is 11.3. The number of carbonyl (C=O) groups excluding carboxylic acids is 1. The van der Waals surface area contributed by atoms with Crippen molar-refractivity contribution in [2.24, 2.45) is 5.92 Å². The molecule has 1 fully saturated rings. The number of nitrogens with zero attached hydrogens (tertiary/aromatic N) is 1. The molecule has 1 aliphatic carbocycles. The molecule has 10 heteroatoms. The van der Waals surface area contributed by atoms with Gasteiger partial charge in [-0.15, -0.1) is 0 Å². The summed E-state index contributed by atoms with van der Waals surface area (Å²) in [5.41, 5.74) is 3.00. The van der Waals surface area contributed by atoms with Gasteiger partial charge in [-0.25, -0.2) is 4.98 Å². The van der Waals surface area contributed by atoms with E-state index in [1.165, 1.54) is 18.2 Å². The average molecular weight is 492 g/mol. The number of carbonyl (C=O) groups is 1. The first kappa shape index (κ1) is 22.7. The molecule has 1 saturated carbocycles. The van der Waals surface area contributed by atoms with E-state index in [4.69, 9.17) is 4.18 Å². The van der Waals surface area contributed by atoms with Crippen LogP contribution in [-0.4, -0.2) is 37.4 Å². The minimum absolute atomic E-state index is 0.0487. The minimum Gasteiger partial charge on any atom is -0.383 e. The number of benzene rings is 3. The second kappa shape index (κ2) is 9.67. The van der Waals surface area contributed by atoms with Gasteiger partial charge in [0.2, 0.25) is 11.9 Å². The van der Waals surface area contributed by atoms with E-state index in [-0.39, 0.29) is 22.5 Å². The molecule has 9 nitrogen and oxygen atoms in total. The van der Waals surface area contributed by atoms with Gasteiger partial charge in [-0.3, -0.25) is 10.1 Å². The number of amides is 1. The number of anilines is 3. The van der Waals surface area contributed by atoms with E-state index in [1.54, 1.807) is 24.3 Å². The van der Waals surface area contributed by atoms with Crippen LogP contribution >= 0.6 is 0 Å². The fourth-order valence-electron chi connectivity index (χ4n) is 3.55. The maximum atomic E-state index is 12.8. The van der Waals surface area contributed by atoms with Crippen LogP contribution in [0.25, 0.3) is 11.0 Å². The second-order valence-corrected chi connectivity index (χ2v) is 9.86. The lowest BCUT2D eigenvalue weighted by Crippen LogP contribution is -2.14. The Morgan fingerprint density at radius 1 is 0.943 bits per heavy atom. The second-order valence-electron chi connectivity index (χ2n) is 8.31. The maximum Gasteiger partial charge on any atom is 0.339 e. The van der Waals surface area contributed by atoms with Crippen molar-refractivity contribution in [2.75, 3.05) is 29.0 Å².